The summed E-state index contributed by atoms with van der Waals surface area (Å²) in [6.45, 7) is 3.70. The van der Waals surface area contributed by atoms with Crippen molar-refractivity contribution in [1.82, 2.24) is 10.2 Å². The van der Waals surface area contributed by atoms with Crippen molar-refractivity contribution < 1.29 is 4.79 Å². The molecule has 1 aromatic heterocycles. The van der Waals surface area contributed by atoms with Crippen LogP contribution in [0, 0.1) is 5.41 Å². The molecule has 18 heavy (non-hydrogen) atoms. The van der Waals surface area contributed by atoms with E-state index in [1.54, 1.807) is 0 Å². The molecule has 0 spiro atoms. The summed E-state index contributed by atoms with van der Waals surface area (Å²) in [7, 11) is 0. The zero-order valence-electron chi connectivity index (χ0n) is 10.3. The number of nitrogens with two attached hydrogens (primary N) is 1. The van der Waals surface area contributed by atoms with E-state index in [0.29, 0.717) is 12.8 Å². The first-order valence-corrected chi connectivity index (χ1v) is 6.04. The van der Waals surface area contributed by atoms with Crippen LogP contribution in [0.5, 0.6) is 0 Å². The molecule has 0 aromatic carbocycles. The molecule has 0 bridgehead atoms. The molecule has 0 radical (unpaired) electrons. The van der Waals surface area contributed by atoms with Gasteiger partial charge in [-0.05, 0) is 18.9 Å². The largest absolute Gasteiger partial charge is 0.392 e. The lowest BCUT2D eigenvalue weighted by molar-refractivity contribution is -0.122. The van der Waals surface area contributed by atoms with E-state index in [0.717, 1.165) is 0 Å². The standard InChI is InChI=1S/C11H16N4O2S/c1-3-11(4-2,9(12)18)10(17)13-7-5-6-8(16)15-14-7/h5-6H,3-4H2,1-2H3,(H2,12,18)(H,15,16)(H,13,14,17). The van der Waals surface area contributed by atoms with Crippen molar-refractivity contribution in [3.05, 3.63) is 22.5 Å². The van der Waals surface area contributed by atoms with Crippen molar-refractivity contribution in [3.8, 4) is 0 Å². The summed E-state index contributed by atoms with van der Waals surface area (Å²) >= 11 is 4.98. The normalized spacial score (nSPS) is 11.0. The predicted molar refractivity (Wildman–Crippen MR) is 73.3 cm³/mol. The topological polar surface area (TPSA) is 101 Å². The smallest absolute Gasteiger partial charge is 0.264 e. The Hall–Kier alpha value is -1.76. The number of aromatic nitrogens is 2. The van der Waals surface area contributed by atoms with Gasteiger partial charge < -0.3 is 11.1 Å². The third-order valence-corrected chi connectivity index (χ3v) is 3.42. The van der Waals surface area contributed by atoms with Gasteiger partial charge in [-0.15, -0.1) is 0 Å². The second-order valence-electron chi connectivity index (χ2n) is 3.91. The van der Waals surface area contributed by atoms with Gasteiger partial charge in [0.25, 0.3) is 5.56 Å². The number of H-pyrrole nitrogens is 1. The molecular formula is C11H16N4O2S. The molecule has 0 aliphatic rings. The molecule has 98 valence electrons. The lowest BCUT2D eigenvalue weighted by atomic mass is 9.81. The summed E-state index contributed by atoms with van der Waals surface area (Å²) in [6.07, 6.45) is 1.02. The number of anilines is 1. The molecule has 6 nitrogen and oxygen atoms in total. The van der Waals surface area contributed by atoms with Crippen LogP contribution in [0.15, 0.2) is 16.9 Å². The van der Waals surface area contributed by atoms with Crippen molar-refractivity contribution in [2.75, 3.05) is 5.32 Å². The maximum Gasteiger partial charge on any atom is 0.264 e. The van der Waals surface area contributed by atoms with Crippen LogP contribution in [0.4, 0.5) is 5.82 Å². The van der Waals surface area contributed by atoms with Crippen LogP contribution in [0.3, 0.4) is 0 Å². The first-order valence-electron chi connectivity index (χ1n) is 5.63. The number of nitrogens with one attached hydrogen (secondary N) is 2. The summed E-state index contributed by atoms with van der Waals surface area (Å²) < 4.78 is 0. The number of hydrogen-bond donors (Lipinski definition) is 3. The molecule has 1 amide bonds. The summed E-state index contributed by atoms with van der Waals surface area (Å²) in [5.74, 6) is -0.0401. The Morgan fingerprint density at radius 2 is 2.11 bits per heavy atom. The minimum atomic E-state index is -0.882. The molecule has 0 saturated carbocycles. The van der Waals surface area contributed by atoms with E-state index in [1.807, 2.05) is 13.8 Å². The van der Waals surface area contributed by atoms with E-state index in [-0.39, 0.29) is 22.3 Å². The minimum absolute atomic E-state index is 0.162. The molecule has 7 heteroatoms. The van der Waals surface area contributed by atoms with E-state index in [9.17, 15) is 9.59 Å². The van der Waals surface area contributed by atoms with Gasteiger partial charge in [0.15, 0.2) is 5.82 Å². The Balaban J connectivity index is 2.95. The van der Waals surface area contributed by atoms with E-state index in [2.05, 4.69) is 15.5 Å². The Bertz CT molecular complexity index is 488. The Morgan fingerprint density at radius 1 is 1.50 bits per heavy atom. The molecular weight excluding hydrogens is 252 g/mol. The number of aromatic amines is 1. The molecule has 1 aromatic rings. The average Bonchev–Trinajstić information content (AvgIpc) is 2.34. The highest BCUT2D eigenvalue weighted by atomic mass is 32.1. The lowest BCUT2D eigenvalue weighted by Gasteiger charge is -2.28. The molecule has 1 rings (SSSR count). The summed E-state index contributed by atoms with van der Waals surface area (Å²) in [6, 6.07) is 2.70. The van der Waals surface area contributed by atoms with Crippen molar-refractivity contribution >= 4 is 28.9 Å². The Labute approximate surface area is 110 Å². The zero-order chi connectivity index (χ0) is 13.8. The fraction of sp³-hybridized carbons (Fsp3) is 0.455. The van der Waals surface area contributed by atoms with Crippen molar-refractivity contribution in [3.63, 3.8) is 0 Å². The second kappa shape index (κ2) is 5.72. The molecule has 0 saturated heterocycles. The van der Waals surface area contributed by atoms with Crippen molar-refractivity contribution in [1.29, 1.82) is 0 Å². The lowest BCUT2D eigenvalue weighted by Crippen LogP contribution is -2.45. The minimum Gasteiger partial charge on any atom is -0.392 e. The molecule has 0 fully saturated rings. The van der Waals surface area contributed by atoms with Gasteiger partial charge in [-0.2, -0.15) is 5.10 Å². The molecule has 0 atom stereocenters. The van der Waals surface area contributed by atoms with Gasteiger partial charge in [-0.3, -0.25) is 9.59 Å². The first-order chi connectivity index (χ1) is 8.46. The van der Waals surface area contributed by atoms with Gasteiger partial charge in [0.05, 0.1) is 10.4 Å². The number of hydrogen-bond acceptors (Lipinski definition) is 4. The Morgan fingerprint density at radius 3 is 2.50 bits per heavy atom. The molecule has 0 aliphatic heterocycles. The highest BCUT2D eigenvalue weighted by Gasteiger charge is 2.38. The Kier molecular flexibility index (Phi) is 4.55. The fourth-order valence-electron chi connectivity index (χ4n) is 1.68. The molecule has 0 aliphatic carbocycles. The van der Waals surface area contributed by atoms with E-state index in [1.165, 1.54) is 12.1 Å². The maximum absolute atomic E-state index is 12.2. The third kappa shape index (κ3) is 2.73. The molecule has 1 heterocycles. The van der Waals surface area contributed by atoms with Crippen LogP contribution in [-0.4, -0.2) is 21.1 Å². The molecule has 4 N–H and O–H groups in total. The summed E-state index contributed by atoms with van der Waals surface area (Å²) in [5.41, 5.74) is 4.45. The van der Waals surface area contributed by atoms with Gasteiger partial charge in [0.1, 0.15) is 0 Å². The van der Waals surface area contributed by atoms with Gasteiger partial charge in [-0.1, -0.05) is 26.1 Å². The van der Waals surface area contributed by atoms with Gasteiger partial charge in [0, 0.05) is 6.07 Å². The highest BCUT2D eigenvalue weighted by molar-refractivity contribution is 7.80. The molecule has 0 unspecified atom stereocenters. The SMILES string of the molecule is CCC(CC)(C(=O)Nc1ccc(=O)[nH]n1)C(N)=S. The average molecular weight is 268 g/mol. The van der Waals surface area contributed by atoms with Crippen LogP contribution >= 0.6 is 12.2 Å². The van der Waals surface area contributed by atoms with Crippen LogP contribution in [0.1, 0.15) is 26.7 Å². The van der Waals surface area contributed by atoms with Crippen molar-refractivity contribution in [2.45, 2.75) is 26.7 Å². The summed E-state index contributed by atoms with van der Waals surface area (Å²) in [4.78, 5) is 23.2. The van der Waals surface area contributed by atoms with Gasteiger partial charge in [-0.25, -0.2) is 5.10 Å². The number of carbonyl (C=O) groups excluding carboxylic acids is 1. The fourth-order valence-corrected chi connectivity index (χ4v) is 2.06. The quantitative estimate of drug-likeness (QED) is 0.686. The van der Waals surface area contributed by atoms with Crippen molar-refractivity contribution in [2.24, 2.45) is 11.1 Å². The summed E-state index contributed by atoms with van der Waals surface area (Å²) in [5, 5.41) is 8.55. The van der Waals surface area contributed by atoms with Crippen LogP contribution in [0.25, 0.3) is 0 Å². The van der Waals surface area contributed by atoms with E-state index in [4.69, 9.17) is 18.0 Å². The first kappa shape index (κ1) is 14.3. The van der Waals surface area contributed by atoms with Crippen LogP contribution in [0.2, 0.25) is 0 Å². The number of thiocarbonyl (C=S) groups is 1. The zero-order valence-corrected chi connectivity index (χ0v) is 11.1. The van der Waals surface area contributed by atoms with Gasteiger partial charge in [0.2, 0.25) is 5.91 Å². The second-order valence-corrected chi connectivity index (χ2v) is 4.35. The van der Waals surface area contributed by atoms with E-state index >= 15 is 0 Å². The maximum atomic E-state index is 12.2. The number of carbonyl (C=O) groups is 1. The number of amides is 1. The highest BCUT2D eigenvalue weighted by Crippen LogP contribution is 2.28. The third-order valence-electron chi connectivity index (χ3n) is 3.03. The number of rotatable bonds is 5. The number of nitrogens with zero attached hydrogens (tertiary/aromatic N) is 1. The van der Waals surface area contributed by atoms with Crippen LogP contribution in [-0.2, 0) is 4.79 Å². The van der Waals surface area contributed by atoms with Gasteiger partial charge >= 0.3 is 0 Å². The van der Waals surface area contributed by atoms with Crippen LogP contribution < -0.4 is 16.6 Å². The van der Waals surface area contributed by atoms with E-state index < -0.39 is 5.41 Å². The monoisotopic (exact) mass is 268 g/mol. The predicted octanol–water partition coefficient (Wildman–Crippen LogP) is 0.801.